The molecule has 0 radical (unpaired) electrons. The number of hydrogen-bond acceptors (Lipinski definition) is 4. The van der Waals surface area contributed by atoms with E-state index in [9.17, 15) is 4.79 Å². The molecule has 0 unspecified atom stereocenters. The lowest BCUT2D eigenvalue weighted by Crippen LogP contribution is -2.24. The van der Waals surface area contributed by atoms with Crippen LogP contribution in [-0.4, -0.2) is 24.4 Å². The summed E-state index contributed by atoms with van der Waals surface area (Å²) >= 11 is 5.18. The van der Waals surface area contributed by atoms with Crippen molar-refractivity contribution < 1.29 is 9.53 Å². The normalized spacial score (nSPS) is 10.3. The van der Waals surface area contributed by atoms with Gasteiger partial charge in [-0.25, -0.2) is 4.79 Å². The number of benzene rings is 2. The van der Waals surface area contributed by atoms with Crippen molar-refractivity contribution in [2.75, 3.05) is 12.4 Å². The molecule has 0 saturated heterocycles. The Labute approximate surface area is 140 Å². The lowest BCUT2D eigenvalue weighted by atomic mass is 10.1. The fourth-order valence-corrected chi connectivity index (χ4v) is 2.01. The molecule has 0 heterocycles. The Morgan fingerprint density at radius 3 is 2.52 bits per heavy atom. The van der Waals surface area contributed by atoms with Gasteiger partial charge in [-0.1, -0.05) is 30.3 Å². The number of esters is 1. The summed E-state index contributed by atoms with van der Waals surface area (Å²) in [5.74, 6) is -0.366. The Morgan fingerprint density at radius 1 is 1.17 bits per heavy atom. The van der Waals surface area contributed by atoms with Gasteiger partial charge in [0.2, 0.25) is 0 Å². The number of para-hydroxylation sites is 1. The number of anilines is 1. The molecule has 2 N–H and O–H groups in total. The minimum Gasteiger partial charge on any atom is -0.465 e. The summed E-state index contributed by atoms with van der Waals surface area (Å²) in [6.45, 7) is 2.00. The van der Waals surface area contributed by atoms with E-state index in [2.05, 4.69) is 20.6 Å². The molecule has 2 aromatic rings. The van der Waals surface area contributed by atoms with Crippen LogP contribution in [-0.2, 0) is 4.74 Å². The first-order valence-corrected chi connectivity index (χ1v) is 7.35. The standard InChI is InChI=1S/C17H17N3O2S/c1-12-5-3-4-6-15(12)19-17(23)20-18-11-13-7-9-14(10-8-13)16(21)22-2/h3-11H,1-2H3,(H2,19,20,23)/b18-11-. The average Bonchev–Trinajstić information content (AvgIpc) is 2.57. The third-order valence-corrected chi connectivity index (χ3v) is 3.30. The van der Waals surface area contributed by atoms with Crippen LogP contribution in [0.1, 0.15) is 21.5 Å². The van der Waals surface area contributed by atoms with Gasteiger partial charge in [-0.15, -0.1) is 0 Å². The predicted octanol–water partition coefficient (Wildman–Crippen LogP) is 3.10. The number of carbonyl (C=O) groups is 1. The molecule has 0 aliphatic rings. The second-order valence-corrected chi connectivity index (χ2v) is 5.16. The van der Waals surface area contributed by atoms with E-state index in [1.54, 1.807) is 30.5 Å². The van der Waals surface area contributed by atoms with Crippen molar-refractivity contribution >= 4 is 35.2 Å². The molecule has 2 aromatic carbocycles. The van der Waals surface area contributed by atoms with Crippen LogP contribution in [0.2, 0.25) is 0 Å². The minimum absolute atomic E-state index is 0.366. The largest absolute Gasteiger partial charge is 0.465 e. The van der Waals surface area contributed by atoms with E-state index in [0.717, 1.165) is 16.8 Å². The van der Waals surface area contributed by atoms with Gasteiger partial charge in [0.15, 0.2) is 5.11 Å². The highest BCUT2D eigenvalue weighted by Crippen LogP contribution is 2.12. The van der Waals surface area contributed by atoms with Crippen LogP contribution in [0.15, 0.2) is 53.6 Å². The summed E-state index contributed by atoms with van der Waals surface area (Å²) in [7, 11) is 1.35. The van der Waals surface area contributed by atoms with Crippen LogP contribution in [0.5, 0.6) is 0 Å². The zero-order chi connectivity index (χ0) is 16.7. The lowest BCUT2D eigenvalue weighted by Gasteiger charge is -2.09. The highest BCUT2D eigenvalue weighted by Gasteiger charge is 2.03. The molecule has 0 fully saturated rings. The average molecular weight is 327 g/mol. The van der Waals surface area contributed by atoms with Crippen molar-refractivity contribution in [3.8, 4) is 0 Å². The number of carbonyl (C=O) groups excluding carboxylic acids is 1. The molecule has 0 aromatic heterocycles. The number of rotatable bonds is 4. The number of thiocarbonyl (C=S) groups is 1. The van der Waals surface area contributed by atoms with Gasteiger partial charge in [-0.3, -0.25) is 5.43 Å². The van der Waals surface area contributed by atoms with Crippen LogP contribution >= 0.6 is 12.2 Å². The Morgan fingerprint density at radius 2 is 1.87 bits per heavy atom. The van der Waals surface area contributed by atoms with E-state index in [0.29, 0.717) is 10.7 Å². The van der Waals surface area contributed by atoms with Gasteiger partial charge in [-0.05, 0) is 48.5 Å². The molecule has 0 amide bonds. The van der Waals surface area contributed by atoms with Gasteiger partial charge in [0, 0.05) is 5.69 Å². The summed E-state index contributed by atoms with van der Waals surface area (Å²) in [5.41, 5.74) is 6.11. The molecule has 6 heteroatoms. The summed E-state index contributed by atoms with van der Waals surface area (Å²) in [5, 5.41) is 7.55. The molecule has 0 atom stereocenters. The molecule has 23 heavy (non-hydrogen) atoms. The lowest BCUT2D eigenvalue weighted by molar-refractivity contribution is 0.0600. The van der Waals surface area contributed by atoms with E-state index < -0.39 is 0 Å². The number of hydrogen-bond donors (Lipinski definition) is 2. The van der Waals surface area contributed by atoms with Crippen LogP contribution in [0, 0.1) is 6.92 Å². The topological polar surface area (TPSA) is 62.7 Å². The second-order valence-electron chi connectivity index (χ2n) is 4.75. The quantitative estimate of drug-likeness (QED) is 0.391. The highest BCUT2D eigenvalue weighted by atomic mass is 32.1. The third kappa shape index (κ3) is 4.89. The van der Waals surface area contributed by atoms with Crippen molar-refractivity contribution in [3.63, 3.8) is 0 Å². The first-order chi connectivity index (χ1) is 11.1. The van der Waals surface area contributed by atoms with E-state index in [1.807, 2.05) is 31.2 Å². The fourth-order valence-electron chi connectivity index (χ4n) is 1.85. The van der Waals surface area contributed by atoms with Crippen LogP contribution in [0.3, 0.4) is 0 Å². The third-order valence-electron chi connectivity index (χ3n) is 3.10. The second kappa shape index (κ2) is 8.05. The smallest absolute Gasteiger partial charge is 0.337 e. The van der Waals surface area contributed by atoms with Gasteiger partial charge in [-0.2, -0.15) is 5.10 Å². The van der Waals surface area contributed by atoms with Gasteiger partial charge in [0.05, 0.1) is 18.9 Å². The monoisotopic (exact) mass is 327 g/mol. The Balaban J connectivity index is 1.90. The van der Waals surface area contributed by atoms with Crippen molar-refractivity contribution in [2.24, 2.45) is 5.10 Å². The van der Waals surface area contributed by atoms with Crippen molar-refractivity contribution in [3.05, 3.63) is 65.2 Å². The maximum Gasteiger partial charge on any atom is 0.337 e. The number of hydrazone groups is 1. The van der Waals surface area contributed by atoms with E-state index in [-0.39, 0.29) is 5.97 Å². The van der Waals surface area contributed by atoms with E-state index in [1.165, 1.54) is 7.11 Å². The molecule has 0 saturated carbocycles. The maximum absolute atomic E-state index is 11.3. The van der Waals surface area contributed by atoms with Gasteiger partial charge in [0.25, 0.3) is 0 Å². The van der Waals surface area contributed by atoms with Crippen molar-refractivity contribution in [1.29, 1.82) is 0 Å². The molecule has 118 valence electrons. The van der Waals surface area contributed by atoms with Gasteiger partial charge >= 0.3 is 5.97 Å². The van der Waals surface area contributed by atoms with Crippen LogP contribution < -0.4 is 10.7 Å². The molecule has 5 nitrogen and oxygen atoms in total. The minimum atomic E-state index is -0.366. The van der Waals surface area contributed by atoms with Crippen LogP contribution in [0.25, 0.3) is 0 Å². The molecule has 0 spiro atoms. The number of nitrogens with one attached hydrogen (secondary N) is 2. The Bertz CT molecular complexity index is 727. The Hall–Kier alpha value is -2.73. The SMILES string of the molecule is COC(=O)c1ccc(/C=N\NC(=S)Nc2ccccc2C)cc1. The summed E-state index contributed by atoms with van der Waals surface area (Å²) in [4.78, 5) is 11.3. The highest BCUT2D eigenvalue weighted by molar-refractivity contribution is 7.80. The van der Waals surface area contributed by atoms with E-state index >= 15 is 0 Å². The van der Waals surface area contributed by atoms with Crippen molar-refractivity contribution in [1.82, 2.24) is 5.43 Å². The summed E-state index contributed by atoms with van der Waals surface area (Å²) in [6, 6.07) is 14.7. The molecular formula is C17H17N3O2S. The van der Waals surface area contributed by atoms with Crippen molar-refractivity contribution in [2.45, 2.75) is 6.92 Å². The van der Waals surface area contributed by atoms with Gasteiger partial charge < -0.3 is 10.1 Å². The predicted molar refractivity (Wildman–Crippen MR) is 95.9 cm³/mol. The van der Waals surface area contributed by atoms with Crippen LogP contribution in [0.4, 0.5) is 5.69 Å². The molecule has 0 aliphatic heterocycles. The Kier molecular flexibility index (Phi) is 5.82. The summed E-state index contributed by atoms with van der Waals surface area (Å²) < 4.78 is 4.64. The molecule has 0 aliphatic carbocycles. The van der Waals surface area contributed by atoms with Gasteiger partial charge in [0.1, 0.15) is 0 Å². The molecule has 2 rings (SSSR count). The maximum atomic E-state index is 11.3. The fraction of sp³-hybridized carbons (Fsp3) is 0.118. The van der Waals surface area contributed by atoms with E-state index in [4.69, 9.17) is 12.2 Å². The first-order valence-electron chi connectivity index (χ1n) is 6.94. The number of nitrogens with zero attached hydrogens (tertiary/aromatic N) is 1. The zero-order valence-corrected chi connectivity index (χ0v) is 13.7. The number of aryl methyl sites for hydroxylation is 1. The summed E-state index contributed by atoms with van der Waals surface area (Å²) in [6.07, 6.45) is 1.62. The molecular weight excluding hydrogens is 310 g/mol. The first kappa shape index (κ1) is 16.6. The zero-order valence-electron chi connectivity index (χ0n) is 12.9. The molecule has 0 bridgehead atoms. The number of ether oxygens (including phenoxy) is 1. The number of methoxy groups -OCH3 is 1.